The number of hydrogen-bond donors (Lipinski definition) is 1. The van der Waals surface area contributed by atoms with E-state index >= 15 is 0 Å². The van der Waals surface area contributed by atoms with Crippen LogP contribution < -0.4 is 4.74 Å². The average Bonchev–Trinajstić information content (AvgIpc) is 2.82. The summed E-state index contributed by atoms with van der Waals surface area (Å²) in [5, 5.41) is 0. The smallest absolute Gasteiger partial charge is 0.310 e. The molecule has 0 fully saturated rings. The summed E-state index contributed by atoms with van der Waals surface area (Å²) < 4.78 is 18.4. The molecular weight excluding hydrogens is 247 g/mol. The second-order valence-corrected chi connectivity index (χ2v) is 4.71. The largest absolute Gasteiger partial charge is 0.465 e. The molecule has 0 aromatic carbocycles. The van der Waals surface area contributed by atoms with Crippen LogP contribution >= 0.6 is 0 Å². The number of rotatable bonds is 4. The Bertz CT molecular complexity index is 595. The summed E-state index contributed by atoms with van der Waals surface area (Å²) in [6, 6.07) is 0.376. The van der Waals surface area contributed by atoms with Gasteiger partial charge in [0.15, 0.2) is 5.65 Å². The minimum Gasteiger partial charge on any atom is -0.465 e. The van der Waals surface area contributed by atoms with Gasteiger partial charge in [-0.1, -0.05) is 12.2 Å². The number of H-pyrrole nitrogens is 1. The number of hydrogen-bond acceptors (Lipinski definition) is 4. The molecule has 0 spiro atoms. The van der Waals surface area contributed by atoms with E-state index in [4.69, 9.17) is 4.74 Å². The fourth-order valence-corrected chi connectivity index (χ4v) is 2.27. The lowest BCUT2D eigenvalue weighted by atomic mass is 9.92. The summed E-state index contributed by atoms with van der Waals surface area (Å²) in [6.45, 7) is 0.605. The molecule has 0 amide bonds. The average molecular weight is 262 g/mol. The van der Waals surface area contributed by atoms with E-state index in [0.717, 1.165) is 19.3 Å². The number of imidazole rings is 1. The van der Waals surface area contributed by atoms with Crippen molar-refractivity contribution in [1.82, 2.24) is 19.9 Å². The topological polar surface area (TPSA) is 63.7 Å². The molecule has 0 saturated heterocycles. The van der Waals surface area contributed by atoms with Gasteiger partial charge in [0, 0.05) is 0 Å². The van der Waals surface area contributed by atoms with Crippen LogP contribution in [0.15, 0.2) is 18.3 Å². The number of nitrogens with one attached hydrogen (secondary N) is 1. The first kappa shape index (κ1) is 12.1. The predicted molar refractivity (Wildman–Crippen MR) is 68.2 cm³/mol. The van der Waals surface area contributed by atoms with Gasteiger partial charge in [-0.15, -0.1) is 0 Å². The van der Waals surface area contributed by atoms with Crippen molar-refractivity contribution in [2.24, 2.45) is 5.92 Å². The van der Waals surface area contributed by atoms with E-state index in [-0.39, 0.29) is 0 Å². The molecule has 0 bridgehead atoms. The molecule has 1 aliphatic carbocycles. The van der Waals surface area contributed by atoms with Crippen LogP contribution in [0, 0.1) is 12.0 Å². The molecule has 19 heavy (non-hydrogen) atoms. The lowest BCUT2D eigenvalue weighted by Crippen LogP contribution is -2.08. The lowest BCUT2D eigenvalue weighted by molar-refractivity contribution is 0.256. The molecule has 2 aromatic heterocycles. The predicted octanol–water partition coefficient (Wildman–Crippen LogP) is 2.62. The SMILES string of the molecule is Fc1ncc2[nH]c(OCCC3CC=CCC3)nc2n1. The number of aromatic nitrogens is 4. The zero-order valence-electron chi connectivity index (χ0n) is 10.5. The Morgan fingerprint density at radius 1 is 1.37 bits per heavy atom. The molecule has 1 atom stereocenters. The molecule has 0 aliphatic heterocycles. The van der Waals surface area contributed by atoms with Crippen LogP contribution in [-0.2, 0) is 0 Å². The third-order valence-corrected chi connectivity index (χ3v) is 3.33. The van der Waals surface area contributed by atoms with E-state index in [0.29, 0.717) is 29.7 Å². The van der Waals surface area contributed by atoms with E-state index in [1.54, 1.807) is 0 Å². The highest BCUT2D eigenvalue weighted by molar-refractivity contribution is 5.69. The Kier molecular flexibility index (Phi) is 3.39. The number of allylic oxidation sites excluding steroid dienone is 2. The van der Waals surface area contributed by atoms with Gasteiger partial charge in [-0.05, 0) is 31.6 Å². The normalized spacial score (nSPS) is 18.9. The van der Waals surface area contributed by atoms with E-state index in [9.17, 15) is 4.39 Å². The number of nitrogens with zero attached hydrogens (tertiary/aromatic N) is 3. The fraction of sp³-hybridized carbons (Fsp3) is 0.462. The first-order chi connectivity index (χ1) is 9.31. The summed E-state index contributed by atoms with van der Waals surface area (Å²) in [5.41, 5.74) is 0.875. The van der Waals surface area contributed by atoms with Crippen molar-refractivity contribution in [2.45, 2.75) is 25.7 Å². The fourth-order valence-electron chi connectivity index (χ4n) is 2.27. The third kappa shape index (κ3) is 2.89. The van der Waals surface area contributed by atoms with Gasteiger partial charge in [0.1, 0.15) is 5.52 Å². The zero-order valence-corrected chi connectivity index (χ0v) is 10.5. The van der Waals surface area contributed by atoms with Gasteiger partial charge in [-0.2, -0.15) is 14.4 Å². The highest BCUT2D eigenvalue weighted by Crippen LogP contribution is 2.21. The molecule has 0 radical (unpaired) electrons. The van der Waals surface area contributed by atoms with Crippen LogP contribution in [0.4, 0.5) is 4.39 Å². The van der Waals surface area contributed by atoms with E-state index in [2.05, 4.69) is 32.1 Å². The summed E-state index contributed by atoms with van der Waals surface area (Å²) in [7, 11) is 0. The number of ether oxygens (including phenoxy) is 1. The molecule has 5 nitrogen and oxygen atoms in total. The van der Waals surface area contributed by atoms with Gasteiger partial charge in [-0.25, -0.2) is 4.98 Å². The van der Waals surface area contributed by atoms with Gasteiger partial charge < -0.3 is 9.72 Å². The molecule has 1 N–H and O–H groups in total. The summed E-state index contributed by atoms with van der Waals surface area (Å²) in [6.07, 6.45) is 9.54. The highest BCUT2D eigenvalue weighted by atomic mass is 19.1. The van der Waals surface area contributed by atoms with Gasteiger partial charge in [0.05, 0.1) is 12.8 Å². The zero-order chi connectivity index (χ0) is 13.1. The van der Waals surface area contributed by atoms with Crippen molar-refractivity contribution >= 4 is 11.2 Å². The van der Waals surface area contributed by atoms with Crippen molar-refractivity contribution in [3.8, 4) is 6.01 Å². The molecule has 2 heterocycles. The Morgan fingerprint density at radius 2 is 2.32 bits per heavy atom. The first-order valence-electron chi connectivity index (χ1n) is 6.47. The van der Waals surface area contributed by atoms with Crippen LogP contribution in [0.2, 0.25) is 0 Å². The maximum atomic E-state index is 12.8. The van der Waals surface area contributed by atoms with Crippen molar-refractivity contribution in [3.05, 3.63) is 24.4 Å². The van der Waals surface area contributed by atoms with Gasteiger partial charge in [0.25, 0.3) is 6.01 Å². The molecule has 6 heteroatoms. The van der Waals surface area contributed by atoms with Gasteiger partial charge in [-0.3, -0.25) is 0 Å². The number of fused-ring (bicyclic) bond motifs is 1. The highest BCUT2D eigenvalue weighted by Gasteiger charge is 2.11. The van der Waals surface area contributed by atoms with Gasteiger partial charge in [0.2, 0.25) is 0 Å². The lowest BCUT2D eigenvalue weighted by Gasteiger charge is -2.16. The van der Waals surface area contributed by atoms with E-state index in [1.807, 2.05) is 0 Å². The van der Waals surface area contributed by atoms with Crippen molar-refractivity contribution in [2.75, 3.05) is 6.61 Å². The summed E-state index contributed by atoms with van der Waals surface area (Å²) >= 11 is 0. The molecule has 0 saturated carbocycles. The minimum atomic E-state index is -0.778. The van der Waals surface area contributed by atoms with Crippen LogP contribution in [0.1, 0.15) is 25.7 Å². The maximum absolute atomic E-state index is 12.8. The first-order valence-corrected chi connectivity index (χ1v) is 6.47. The molecule has 1 unspecified atom stereocenters. The quantitative estimate of drug-likeness (QED) is 0.679. The Hall–Kier alpha value is -1.98. The molecule has 3 rings (SSSR count). The van der Waals surface area contributed by atoms with Crippen LogP contribution in [0.3, 0.4) is 0 Å². The van der Waals surface area contributed by atoms with Crippen LogP contribution in [0.5, 0.6) is 6.01 Å². The molecule has 1 aliphatic rings. The number of aromatic amines is 1. The summed E-state index contributed by atoms with van der Waals surface area (Å²) in [5.74, 6) is 0.687. The minimum absolute atomic E-state index is 0.295. The third-order valence-electron chi connectivity index (χ3n) is 3.33. The molecule has 100 valence electrons. The Balaban J connectivity index is 1.57. The summed E-state index contributed by atoms with van der Waals surface area (Å²) in [4.78, 5) is 14.0. The van der Waals surface area contributed by atoms with Crippen molar-refractivity contribution in [1.29, 1.82) is 0 Å². The van der Waals surface area contributed by atoms with Gasteiger partial charge >= 0.3 is 6.08 Å². The molecule has 2 aromatic rings. The van der Waals surface area contributed by atoms with Crippen molar-refractivity contribution in [3.63, 3.8) is 0 Å². The second kappa shape index (κ2) is 5.34. The second-order valence-electron chi connectivity index (χ2n) is 4.71. The Labute approximate surface area is 109 Å². The van der Waals surface area contributed by atoms with Crippen LogP contribution in [0.25, 0.3) is 11.2 Å². The monoisotopic (exact) mass is 262 g/mol. The van der Waals surface area contributed by atoms with Crippen molar-refractivity contribution < 1.29 is 9.13 Å². The number of halogens is 1. The maximum Gasteiger partial charge on any atom is 0.310 e. The standard InChI is InChI=1S/C13H15FN4O/c14-12-15-8-10-11(17-12)18-13(16-10)19-7-6-9-4-2-1-3-5-9/h1-2,8-9H,3-7H2,(H,15,16,17,18). The van der Waals surface area contributed by atoms with E-state index in [1.165, 1.54) is 12.6 Å². The van der Waals surface area contributed by atoms with Crippen LogP contribution in [-0.4, -0.2) is 26.5 Å². The van der Waals surface area contributed by atoms with E-state index < -0.39 is 6.08 Å². The Morgan fingerprint density at radius 3 is 3.16 bits per heavy atom. The molecular formula is C13H15FN4O.